The number of nitrogens with zero attached hydrogens (tertiary/aromatic N) is 4. The minimum Gasteiger partial charge on any atom is -0.357 e. The summed E-state index contributed by atoms with van der Waals surface area (Å²) in [5.41, 5.74) is 1.21. The molecule has 2 fully saturated rings. The Labute approximate surface area is 175 Å². The third-order valence-corrected chi connectivity index (χ3v) is 5.32. The SMILES string of the molecule is CCNC(=NCCCn1cc(C)cn1)NC1CCN(C2CCCC2)C1.I. The van der Waals surface area contributed by atoms with E-state index < -0.39 is 0 Å². The fourth-order valence-electron chi connectivity index (χ4n) is 4.03. The van der Waals surface area contributed by atoms with Crippen LogP contribution in [0.25, 0.3) is 0 Å². The Hall–Kier alpha value is -0.830. The van der Waals surface area contributed by atoms with E-state index in [0.717, 1.165) is 38.1 Å². The molecule has 1 aromatic heterocycles. The number of aryl methyl sites for hydroxylation is 2. The number of nitrogens with one attached hydrogen (secondary N) is 2. The molecule has 1 aliphatic carbocycles. The van der Waals surface area contributed by atoms with Gasteiger partial charge in [-0.1, -0.05) is 12.8 Å². The number of hydrogen-bond donors (Lipinski definition) is 2. The van der Waals surface area contributed by atoms with Crippen LogP contribution in [0.3, 0.4) is 0 Å². The van der Waals surface area contributed by atoms with Gasteiger partial charge in [-0.3, -0.25) is 14.6 Å². The largest absolute Gasteiger partial charge is 0.357 e. The maximum atomic E-state index is 4.76. The van der Waals surface area contributed by atoms with Gasteiger partial charge >= 0.3 is 0 Å². The fraction of sp³-hybridized carbons (Fsp3) is 0.789. The molecule has 148 valence electrons. The predicted octanol–water partition coefficient (Wildman–Crippen LogP) is 2.77. The first kappa shape index (κ1) is 21.5. The van der Waals surface area contributed by atoms with Crippen LogP contribution in [0.1, 0.15) is 51.0 Å². The van der Waals surface area contributed by atoms with E-state index in [1.165, 1.54) is 50.8 Å². The summed E-state index contributed by atoms with van der Waals surface area (Å²) in [6.45, 7) is 9.27. The van der Waals surface area contributed by atoms with E-state index in [1.54, 1.807) is 0 Å². The molecule has 6 nitrogen and oxygen atoms in total. The summed E-state index contributed by atoms with van der Waals surface area (Å²) in [7, 11) is 0. The molecule has 1 saturated heterocycles. The molecule has 0 bridgehead atoms. The normalized spacial score (nSPS) is 21.8. The van der Waals surface area contributed by atoms with Crippen LogP contribution >= 0.6 is 24.0 Å². The Bertz CT molecular complexity index is 552. The summed E-state index contributed by atoms with van der Waals surface area (Å²) in [6, 6.07) is 1.37. The van der Waals surface area contributed by atoms with E-state index in [4.69, 9.17) is 4.99 Å². The monoisotopic (exact) mass is 474 g/mol. The summed E-state index contributed by atoms with van der Waals surface area (Å²) in [4.78, 5) is 7.44. The lowest BCUT2D eigenvalue weighted by molar-refractivity contribution is 0.242. The molecule has 3 rings (SSSR count). The van der Waals surface area contributed by atoms with Crippen molar-refractivity contribution in [2.45, 2.75) is 71.0 Å². The highest BCUT2D eigenvalue weighted by Gasteiger charge is 2.30. The number of halogens is 1. The number of hydrogen-bond acceptors (Lipinski definition) is 3. The quantitative estimate of drug-likeness (QED) is 0.276. The summed E-state index contributed by atoms with van der Waals surface area (Å²) in [5.74, 6) is 0.970. The molecule has 7 heteroatoms. The number of rotatable bonds is 7. The minimum absolute atomic E-state index is 0. The second-order valence-corrected chi connectivity index (χ2v) is 7.46. The molecule has 2 heterocycles. The highest BCUT2D eigenvalue weighted by Crippen LogP contribution is 2.26. The van der Waals surface area contributed by atoms with Crippen LogP contribution in [0.2, 0.25) is 0 Å². The summed E-state index contributed by atoms with van der Waals surface area (Å²) in [6.07, 6.45) is 11.9. The van der Waals surface area contributed by atoms with Gasteiger partial charge in [-0.05, 0) is 45.1 Å². The molecule has 1 atom stereocenters. The highest BCUT2D eigenvalue weighted by atomic mass is 127. The summed E-state index contributed by atoms with van der Waals surface area (Å²) in [5, 5.41) is 11.4. The van der Waals surface area contributed by atoms with Gasteiger partial charge in [-0.15, -0.1) is 24.0 Å². The molecule has 1 saturated carbocycles. The van der Waals surface area contributed by atoms with Crippen molar-refractivity contribution in [3.05, 3.63) is 18.0 Å². The van der Waals surface area contributed by atoms with E-state index in [1.807, 2.05) is 10.9 Å². The van der Waals surface area contributed by atoms with Gasteiger partial charge in [0.15, 0.2) is 5.96 Å². The topological polar surface area (TPSA) is 57.5 Å². The standard InChI is InChI=1S/C19H34N6.HI/c1-3-20-19(21-10-6-11-25-14-16(2)13-22-25)23-17-9-12-24(15-17)18-7-4-5-8-18;/h13-14,17-18H,3-12,15H2,1-2H3,(H2,20,21,23);1H. The van der Waals surface area contributed by atoms with Crippen molar-refractivity contribution in [1.82, 2.24) is 25.3 Å². The van der Waals surface area contributed by atoms with Gasteiger partial charge in [0.1, 0.15) is 0 Å². The molecule has 26 heavy (non-hydrogen) atoms. The average molecular weight is 474 g/mol. The lowest BCUT2D eigenvalue weighted by Gasteiger charge is -2.24. The average Bonchev–Trinajstić information content (AvgIpc) is 3.33. The zero-order valence-corrected chi connectivity index (χ0v) is 18.6. The summed E-state index contributed by atoms with van der Waals surface area (Å²) < 4.78 is 2.00. The predicted molar refractivity (Wildman–Crippen MR) is 118 cm³/mol. The maximum absolute atomic E-state index is 4.76. The third kappa shape index (κ3) is 6.40. The zero-order chi connectivity index (χ0) is 17.5. The Kier molecular flexibility index (Phi) is 9.18. The zero-order valence-electron chi connectivity index (χ0n) is 16.3. The van der Waals surface area contributed by atoms with Gasteiger partial charge in [0.25, 0.3) is 0 Å². The van der Waals surface area contributed by atoms with Crippen molar-refractivity contribution in [3.8, 4) is 0 Å². The molecule has 0 radical (unpaired) electrons. The van der Waals surface area contributed by atoms with E-state index in [-0.39, 0.29) is 24.0 Å². The van der Waals surface area contributed by atoms with Crippen molar-refractivity contribution >= 4 is 29.9 Å². The van der Waals surface area contributed by atoms with Crippen LogP contribution in [0, 0.1) is 6.92 Å². The molecule has 0 aromatic carbocycles. The first-order chi connectivity index (χ1) is 12.2. The van der Waals surface area contributed by atoms with Crippen molar-refractivity contribution < 1.29 is 0 Å². The maximum Gasteiger partial charge on any atom is 0.191 e. The van der Waals surface area contributed by atoms with Crippen molar-refractivity contribution in [1.29, 1.82) is 0 Å². The minimum atomic E-state index is 0. The van der Waals surface area contributed by atoms with E-state index in [0.29, 0.717) is 6.04 Å². The van der Waals surface area contributed by atoms with Gasteiger partial charge in [0.2, 0.25) is 0 Å². The molecule has 1 aromatic rings. The Morgan fingerprint density at radius 3 is 2.81 bits per heavy atom. The van der Waals surface area contributed by atoms with Gasteiger partial charge < -0.3 is 10.6 Å². The number of aliphatic imine (C=N–C) groups is 1. The van der Waals surface area contributed by atoms with Gasteiger partial charge in [0, 0.05) is 51.0 Å². The van der Waals surface area contributed by atoms with E-state index in [9.17, 15) is 0 Å². The van der Waals surface area contributed by atoms with Crippen LogP contribution < -0.4 is 10.6 Å². The van der Waals surface area contributed by atoms with Crippen molar-refractivity contribution in [2.75, 3.05) is 26.2 Å². The first-order valence-corrected chi connectivity index (χ1v) is 10.0. The molecule has 0 amide bonds. The first-order valence-electron chi connectivity index (χ1n) is 10.0. The molecular weight excluding hydrogens is 439 g/mol. The third-order valence-electron chi connectivity index (χ3n) is 5.32. The second-order valence-electron chi connectivity index (χ2n) is 7.46. The molecule has 2 aliphatic rings. The van der Waals surface area contributed by atoms with E-state index in [2.05, 4.69) is 40.7 Å². The molecule has 1 unspecified atom stereocenters. The van der Waals surface area contributed by atoms with Crippen LogP contribution in [-0.2, 0) is 6.54 Å². The molecule has 2 N–H and O–H groups in total. The molecule has 1 aliphatic heterocycles. The fourth-order valence-corrected chi connectivity index (χ4v) is 4.03. The number of guanidine groups is 1. The van der Waals surface area contributed by atoms with Gasteiger partial charge in [0.05, 0.1) is 6.20 Å². The van der Waals surface area contributed by atoms with Crippen LogP contribution in [0.5, 0.6) is 0 Å². The summed E-state index contributed by atoms with van der Waals surface area (Å²) >= 11 is 0. The lowest BCUT2D eigenvalue weighted by Crippen LogP contribution is -2.45. The Morgan fingerprint density at radius 2 is 2.12 bits per heavy atom. The molecular formula is C19H35IN6. The lowest BCUT2D eigenvalue weighted by atomic mass is 10.2. The molecule has 0 spiro atoms. The second kappa shape index (κ2) is 11.1. The van der Waals surface area contributed by atoms with E-state index >= 15 is 0 Å². The number of aromatic nitrogens is 2. The van der Waals surface area contributed by atoms with Crippen LogP contribution in [-0.4, -0.2) is 58.9 Å². The van der Waals surface area contributed by atoms with Crippen LogP contribution in [0.15, 0.2) is 17.4 Å². The highest BCUT2D eigenvalue weighted by molar-refractivity contribution is 14.0. The Morgan fingerprint density at radius 1 is 1.31 bits per heavy atom. The smallest absolute Gasteiger partial charge is 0.191 e. The van der Waals surface area contributed by atoms with Gasteiger partial charge in [-0.25, -0.2) is 0 Å². The van der Waals surface area contributed by atoms with Crippen molar-refractivity contribution in [3.63, 3.8) is 0 Å². The van der Waals surface area contributed by atoms with Gasteiger partial charge in [-0.2, -0.15) is 5.10 Å². The Balaban J connectivity index is 0.00000243. The van der Waals surface area contributed by atoms with Crippen molar-refractivity contribution in [2.24, 2.45) is 4.99 Å². The van der Waals surface area contributed by atoms with Crippen LogP contribution in [0.4, 0.5) is 0 Å². The number of likely N-dealkylation sites (tertiary alicyclic amines) is 1.